The molecule has 0 radical (unpaired) electrons. The average molecular weight is 335 g/mol. The van der Waals surface area contributed by atoms with Crippen molar-refractivity contribution in [1.29, 1.82) is 0 Å². The van der Waals surface area contributed by atoms with Crippen LogP contribution in [0.3, 0.4) is 0 Å². The molecule has 0 saturated carbocycles. The van der Waals surface area contributed by atoms with Crippen molar-refractivity contribution >= 4 is 11.3 Å². The van der Waals surface area contributed by atoms with Gasteiger partial charge in [-0.3, -0.25) is 0 Å². The fraction of sp³-hybridized carbons (Fsp3) is 0.444. The van der Waals surface area contributed by atoms with E-state index in [1.54, 1.807) is 23.5 Å². The third kappa shape index (κ3) is 3.98. The molecule has 1 aliphatic rings. The van der Waals surface area contributed by atoms with Gasteiger partial charge in [-0.15, -0.1) is 11.3 Å². The normalized spacial score (nSPS) is 18.7. The highest BCUT2D eigenvalue weighted by molar-refractivity contribution is 7.15. The van der Waals surface area contributed by atoms with Crippen molar-refractivity contribution in [3.63, 3.8) is 0 Å². The van der Waals surface area contributed by atoms with E-state index in [4.69, 9.17) is 4.74 Å². The third-order valence-electron chi connectivity index (χ3n) is 4.35. The lowest BCUT2D eigenvalue weighted by molar-refractivity contribution is -0.0625. The van der Waals surface area contributed by atoms with E-state index >= 15 is 0 Å². The smallest absolute Gasteiger partial charge is 0.131 e. The van der Waals surface area contributed by atoms with Crippen molar-refractivity contribution in [1.82, 2.24) is 5.32 Å². The third-order valence-corrected chi connectivity index (χ3v) is 5.65. The summed E-state index contributed by atoms with van der Waals surface area (Å²) < 4.78 is 19.2. The molecule has 0 aliphatic carbocycles. The molecule has 124 valence electrons. The van der Waals surface area contributed by atoms with Gasteiger partial charge in [0.1, 0.15) is 5.82 Å². The van der Waals surface area contributed by atoms with Gasteiger partial charge in [0.05, 0.1) is 5.60 Å². The van der Waals surface area contributed by atoms with Crippen LogP contribution >= 0.6 is 11.3 Å². The SMILES string of the molecule is CC(NCC1(O)CCOCC1)c1ccc(-c2ccccc2F)s1. The lowest BCUT2D eigenvalue weighted by Gasteiger charge is -2.33. The maximum atomic E-state index is 13.9. The Morgan fingerprint density at radius 2 is 2.00 bits per heavy atom. The summed E-state index contributed by atoms with van der Waals surface area (Å²) in [7, 11) is 0. The summed E-state index contributed by atoms with van der Waals surface area (Å²) in [5, 5.41) is 13.9. The zero-order valence-electron chi connectivity index (χ0n) is 13.2. The van der Waals surface area contributed by atoms with Crippen molar-refractivity contribution < 1.29 is 14.2 Å². The Morgan fingerprint density at radius 3 is 2.74 bits per heavy atom. The van der Waals surface area contributed by atoms with Crippen molar-refractivity contribution in [2.24, 2.45) is 0 Å². The van der Waals surface area contributed by atoms with E-state index in [9.17, 15) is 9.50 Å². The van der Waals surface area contributed by atoms with Crippen LogP contribution in [-0.2, 0) is 4.74 Å². The van der Waals surface area contributed by atoms with Gasteiger partial charge in [-0.1, -0.05) is 18.2 Å². The van der Waals surface area contributed by atoms with Gasteiger partial charge in [0, 0.05) is 54.0 Å². The molecule has 0 spiro atoms. The largest absolute Gasteiger partial charge is 0.388 e. The number of rotatable bonds is 5. The minimum absolute atomic E-state index is 0.118. The molecular weight excluding hydrogens is 313 g/mol. The Kier molecular flexibility index (Phi) is 5.11. The zero-order chi connectivity index (χ0) is 16.3. The van der Waals surface area contributed by atoms with Gasteiger partial charge >= 0.3 is 0 Å². The number of thiophene rings is 1. The van der Waals surface area contributed by atoms with Gasteiger partial charge in [0.2, 0.25) is 0 Å². The monoisotopic (exact) mass is 335 g/mol. The Morgan fingerprint density at radius 1 is 1.26 bits per heavy atom. The van der Waals surface area contributed by atoms with Crippen LogP contribution in [0.15, 0.2) is 36.4 Å². The van der Waals surface area contributed by atoms with E-state index in [-0.39, 0.29) is 11.9 Å². The summed E-state index contributed by atoms with van der Waals surface area (Å²) in [6.07, 6.45) is 1.33. The maximum Gasteiger partial charge on any atom is 0.131 e. The van der Waals surface area contributed by atoms with Crippen molar-refractivity contribution in [3.8, 4) is 10.4 Å². The standard InChI is InChI=1S/C18H22FNO2S/c1-13(20-12-18(21)8-10-22-11-9-18)16-6-7-17(23-16)14-4-2-3-5-15(14)19/h2-7,13,20-21H,8-12H2,1H3. The van der Waals surface area contributed by atoms with E-state index < -0.39 is 5.60 Å². The van der Waals surface area contributed by atoms with Gasteiger partial charge < -0.3 is 15.2 Å². The van der Waals surface area contributed by atoms with Crippen molar-refractivity contribution in [3.05, 3.63) is 47.1 Å². The first-order valence-electron chi connectivity index (χ1n) is 7.96. The lowest BCUT2D eigenvalue weighted by Crippen LogP contribution is -2.45. The molecule has 2 N–H and O–H groups in total. The van der Waals surface area contributed by atoms with Crippen LogP contribution in [0.2, 0.25) is 0 Å². The summed E-state index contributed by atoms with van der Waals surface area (Å²) in [6, 6.07) is 10.9. The summed E-state index contributed by atoms with van der Waals surface area (Å²) in [5.41, 5.74) is -0.0444. The first-order valence-corrected chi connectivity index (χ1v) is 8.77. The number of hydrogen-bond acceptors (Lipinski definition) is 4. The molecule has 0 amide bonds. The highest BCUT2D eigenvalue weighted by atomic mass is 32.1. The average Bonchev–Trinajstić information content (AvgIpc) is 3.04. The second-order valence-corrected chi connectivity index (χ2v) is 7.24. The summed E-state index contributed by atoms with van der Waals surface area (Å²) in [5.74, 6) is -0.196. The topological polar surface area (TPSA) is 41.5 Å². The molecule has 1 fully saturated rings. The van der Waals surface area contributed by atoms with Crippen LogP contribution in [0.4, 0.5) is 4.39 Å². The Labute approximate surface area is 140 Å². The first kappa shape index (κ1) is 16.6. The number of benzene rings is 1. The molecule has 1 atom stereocenters. The molecule has 5 heteroatoms. The Hall–Kier alpha value is -1.27. The van der Waals surface area contributed by atoms with Crippen LogP contribution in [0.25, 0.3) is 10.4 Å². The number of hydrogen-bond donors (Lipinski definition) is 2. The molecular formula is C18H22FNO2S. The molecule has 3 nitrogen and oxygen atoms in total. The van der Waals surface area contributed by atoms with E-state index in [0.717, 1.165) is 9.75 Å². The molecule has 1 aliphatic heterocycles. The number of halogens is 1. The molecule has 2 aromatic rings. The second-order valence-electron chi connectivity index (χ2n) is 6.12. The molecule has 1 aromatic heterocycles. The molecule has 1 aromatic carbocycles. The molecule has 3 rings (SSSR count). The van der Waals surface area contributed by atoms with Crippen LogP contribution in [0.5, 0.6) is 0 Å². The highest BCUT2D eigenvalue weighted by Gasteiger charge is 2.30. The predicted molar refractivity (Wildman–Crippen MR) is 91.1 cm³/mol. The van der Waals surface area contributed by atoms with E-state index in [2.05, 4.69) is 12.2 Å². The molecule has 23 heavy (non-hydrogen) atoms. The minimum Gasteiger partial charge on any atom is -0.388 e. The summed E-state index contributed by atoms with van der Waals surface area (Å²) >= 11 is 1.58. The van der Waals surface area contributed by atoms with E-state index in [0.29, 0.717) is 38.2 Å². The molecule has 0 bridgehead atoms. The van der Waals surface area contributed by atoms with Gasteiger partial charge in [-0.25, -0.2) is 4.39 Å². The van der Waals surface area contributed by atoms with Gasteiger partial charge in [0.15, 0.2) is 0 Å². The number of nitrogens with one attached hydrogen (secondary N) is 1. The zero-order valence-corrected chi connectivity index (χ0v) is 14.0. The molecule has 1 saturated heterocycles. The second kappa shape index (κ2) is 7.09. The summed E-state index contributed by atoms with van der Waals surface area (Å²) in [6.45, 7) is 3.84. The van der Waals surface area contributed by atoms with Crippen LogP contribution in [0.1, 0.15) is 30.7 Å². The minimum atomic E-state index is -0.682. The fourth-order valence-electron chi connectivity index (χ4n) is 2.76. The lowest BCUT2D eigenvalue weighted by atomic mass is 9.94. The van der Waals surface area contributed by atoms with E-state index in [1.165, 1.54) is 6.07 Å². The van der Waals surface area contributed by atoms with Gasteiger partial charge in [-0.05, 0) is 25.1 Å². The quantitative estimate of drug-likeness (QED) is 0.874. The summed E-state index contributed by atoms with van der Waals surface area (Å²) in [4.78, 5) is 2.07. The number of ether oxygens (including phenoxy) is 1. The van der Waals surface area contributed by atoms with Crippen molar-refractivity contribution in [2.75, 3.05) is 19.8 Å². The van der Waals surface area contributed by atoms with Gasteiger partial charge in [0.25, 0.3) is 0 Å². The molecule has 1 unspecified atom stereocenters. The molecule has 2 heterocycles. The van der Waals surface area contributed by atoms with Gasteiger partial charge in [-0.2, -0.15) is 0 Å². The van der Waals surface area contributed by atoms with Crippen LogP contribution in [-0.4, -0.2) is 30.5 Å². The number of aliphatic hydroxyl groups is 1. The van der Waals surface area contributed by atoms with Crippen LogP contribution in [0, 0.1) is 5.82 Å². The Bertz CT molecular complexity index is 652. The fourth-order valence-corrected chi connectivity index (χ4v) is 3.82. The van der Waals surface area contributed by atoms with Crippen molar-refractivity contribution in [2.45, 2.75) is 31.4 Å². The van der Waals surface area contributed by atoms with Crippen LogP contribution < -0.4 is 5.32 Å². The highest BCUT2D eigenvalue weighted by Crippen LogP contribution is 2.33. The predicted octanol–water partition coefficient (Wildman–Crippen LogP) is 3.75. The maximum absolute atomic E-state index is 13.9. The Balaban J connectivity index is 1.64. The van der Waals surface area contributed by atoms with E-state index in [1.807, 2.05) is 18.2 Å². The first-order chi connectivity index (χ1) is 11.1.